The fraction of sp³-hybridized carbons (Fsp3) is 0.0625. The molecule has 0 amide bonds. The average Bonchev–Trinajstić information content (AvgIpc) is 3.19. The Morgan fingerprint density at radius 2 is 1.97 bits per heavy atom. The third-order valence-electron chi connectivity index (χ3n) is 3.36. The summed E-state index contributed by atoms with van der Waals surface area (Å²) in [4.78, 5) is 3.60. The number of hydrogen-bond acceptors (Lipinski definition) is 7. The fourth-order valence-electron chi connectivity index (χ4n) is 2.03. The van der Waals surface area contributed by atoms with Crippen LogP contribution in [0, 0.1) is 11.3 Å². The van der Waals surface area contributed by atoms with E-state index in [9.17, 15) is 13.2 Å². The number of nitriles is 1. The van der Waals surface area contributed by atoms with E-state index in [0.29, 0.717) is 11.9 Å². The Balaban J connectivity index is 1.78. The van der Waals surface area contributed by atoms with Gasteiger partial charge in [0.05, 0.1) is 15.6 Å². The predicted molar refractivity (Wildman–Crippen MR) is 97.2 cm³/mol. The monoisotopic (exact) mass is 441 g/mol. The molecular formula is C16H8Cl2F3N7O. The normalized spacial score (nSPS) is 11.8. The topological polar surface area (TPSA) is 112 Å². The van der Waals surface area contributed by atoms with Crippen molar-refractivity contribution in [3.63, 3.8) is 0 Å². The first-order valence-corrected chi connectivity index (χ1v) is 8.34. The van der Waals surface area contributed by atoms with E-state index in [0.717, 1.165) is 12.1 Å². The zero-order chi connectivity index (χ0) is 21.0. The summed E-state index contributed by atoms with van der Waals surface area (Å²) in [5, 5.41) is 25.0. The van der Waals surface area contributed by atoms with Gasteiger partial charge in [-0.05, 0) is 23.4 Å². The van der Waals surface area contributed by atoms with Crippen molar-refractivity contribution in [3.8, 4) is 17.7 Å². The SMILES string of the molecule is N#CC(=CNc1cc(Cl)c(Oc2ccc(C(F)(F)F)cn2)c(Cl)c1)c1nn[nH]n1. The molecule has 0 aliphatic carbocycles. The highest BCUT2D eigenvalue weighted by Crippen LogP contribution is 2.39. The molecule has 0 radical (unpaired) electrons. The number of alkyl halides is 3. The number of rotatable bonds is 5. The lowest BCUT2D eigenvalue weighted by atomic mass is 10.2. The lowest BCUT2D eigenvalue weighted by molar-refractivity contribution is -0.137. The van der Waals surface area contributed by atoms with Gasteiger partial charge >= 0.3 is 6.18 Å². The molecule has 0 saturated carbocycles. The Labute approximate surface area is 170 Å². The first kappa shape index (κ1) is 20.4. The molecule has 148 valence electrons. The van der Waals surface area contributed by atoms with Gasteiger partial charge in [0.2, 0.25) is 11.7 Å². The lowest BCUT2D eigenvalue weighted by Gasteiger charge is -2.12. The van der Waals surface area contributed by atoms with E-state index in [1.54, 1.807) is 0 Å². The van der Waals surface area contributed by atoms with Crippen molar-refractivity contribution in [1.82, 2.24) is 25.6 Å². The van der Waals surface area contributed by atoms with Gasteiger partial charge in [-0.3, -0.25) is 0 Å². The molecule has 13 heteroatoms. The van der Waals surface area contributed by atoms with E-state index in [-0.39, 0.29) is 33.1 Å². The van der Waals surface area contributed by atoms with Crippen molar-refractivity contribution in [2.24, 2.45) is 0 Å². The Morgan fingerprint density at radius 1 is 1.24 bits per heavy atom. The van der Waals surface area contributed by atoms with Crippen LogP contribution in [-0.2, 0) is 6.18 Å². The quantitative estimate of drug-likeness (QED) is 0.552. The molecule has 3 rings (SSSR count). The molecule has 0 fully saturated rings. The van der Waals surface area contributed by atoms with Crippen molar-refractivity contribution in [2.45, 2.75) is 6.18 Å². The molecule has 0 saturated heterocycles. The van der Waals surface area contributed by atoms with Crippen LogP contribution in [0.3, 0.4) is 0 Å². The number of halogens is 5. The van der Waals surface area contributed by atoms with Gasteiger partial charge in [-0.25, -0.2) is 4.98 Å². The van der Waals surface area contributed by atoms with Crippen molar-refractivity contribution in [3.05, 3.63) is 58.1 Å². The number of allylic oxidation sites excluding steroid dienone is 1. The van der Waals surface area contributed by atoms with Crippen LogP contribution in [0.1, 0.15) is 11.4 Å². The minimum atomic E-state index is -4.51. The number of anilines is 1. The second-order valence-electron chi connectivity index (χ2n) is 5.30. The number of ether oxygens (including phenoxy) is 1. The number of nitrogens with one attached hydrogen (secondary N) is 2. The summed E-state index contributed by atoms with van der Waals surface area (Å²) < 4.78 is 43.2. The molecule has 29 heavy (non-hydrogen) atoms. The van der Waals surface area contributed by atoms with Crippen LogP contribution in [0.25, 0.3) is 5.57 Å². The predicted octanol–water partition coefficient (Wildman–Crippen LogP) is 4.69. The van der Waals surface area contributed by atoms with Gasteiger partial charge < -0.3 is 10.1 Å². The van der Waals surface area contributed by atoms with E-state index in [1.165, 1.54) is 18.3 Å². The van der Waals surface area contributed by atoms with Crippen molar-refractivity contribution in [2.75, 3.05) is 5.32 Å². The number of hydrogen-bond donors (Lipinski definition) is 2. The van der Waals surface area contributed by atoms with Crippen LogP contribution in [0.4, 0.5) is 18.9 Å². The van der Waals surface area contributed by atoms with Crippen LogP contribution in [-0.4, -0.2) is 25.6 Å². The number of aromatic amines is 1. The van der Waals surface area contributed by atoms with Gasteiger partial charge in [-0.2, -0.15) is 23.6 Å². The van der Waals surface area contributed by atoms with Gasteiger partial charge in [0, 0.05) is 24.2 Å². The lowest BCUT2D eigenvalue weighted by Crippen LogP contribution is -2.05. The highest BCUT2D eigenvalue weighted by molar-refractivity contribution is 6.37. The molecule has 8 nitrogen and oxygen atoms in total. The van der Waals surface area contributed by atoms with Gasteiger partial charge in [0.15, 0.2) is 5.75 Å². The van der Waals surface area contributed by atoms with E-state index in [4.69, 9.17) is 33.2 Å². The summed E-state index contributed by atoms with van der Waals surface area (Å²) in [6.07, 6.45) is -2.55. The summed E-state index contributed by atoms with van der Waals surface area (Å²) in [6, 6.07) is 6.65. The van der Waals surface area contributed by atoms with E-state index < -0.39 is 11.7 Å². The van der Waals surface area contributed by atoms with E-state index in [1.807, 2.05) is 6.07 Å². The van der Waals surface area contributed by atoms with E-state index >= 15 is 0 Å². The van der Waals surface area contributed by atoms with Gasteiger partial charge in [0.1, 0.15) is 11.6 Å². The van der Waals surface area contributed by atoms with Crippen LogP contribution < -0.4 is 10.1 Å². The zero-order valence-electron chi connectivity index (χ0n) is 14.0. The summed E-state index contributed by atoms with van der Waals surface area (Å²) in [6.45, 7) is 0. The van der Waals surface area contributed by atoms with Crippen LogP contribution in [0.2, 0.25) is 10.0 Å². The van der Waals surface area contributed by atoms with Gasteiger partial charge in [0.25, 0.3) is 0 Å². The smallest absolute Gasteiger partial charge is 0.417 e. The van der Waals surface area contributed by atoms with Crippen molar-refractivity contribution < 1.29 is 17.9 Å². The standard InChI is InChI=1S/C16H8Cl2F3N7O/c17-11-3-10(23-6-8(5-22)15-25-27-28-26-15)4-12(18)14(11)29-13-2-1-9(7-24-13)16(19,20)21/h1-4,6-7,23H,(H,25,26,27,28). The van der Waals surface area contributed by atoms with Crippen molar-refractivity contribution >= 4 is 34.5 Å². The summed E-state index contributed by atoms with van der Waals surface area (Å²) in [7, 11) is 0. The second-order valence-corrected chi connectivity index (χ2v) is 6.12. The minimum Gasteiger partial charge on any atom is -0.436 e. The maximum absolute atomic E-state index is 12.6. The third kappa shape index (κ3) is 4.92. The molecule has 0 bridgehead atoms. The molecule has 2 aromatic heterocycles. The first-order valence-electron chi connectivity index (χ1n) is 7.58. The number of aromatic nitrogens is 5. The van der Waals surface area contributed by atoms with Gasteiger partial charge in [-0.15, -0.1) is 10.2 Å². The van der Waals surface area contributed by atoms with Crippen LogP contribution >= 0.6 is 23.2 Å². The molecule has 0 atom stereocenters. The Bertz CT molecular complexity index is 1050. The largest absolute Gasteiger partial charge is 0.436 e. The average molecular weight is 442 g/mol. The molecule has 1 aromatic carbocycles. The zero-order valence-corrected chi connectivity index (χ0v) is 15.5. The molecule has 2 N–H and O–H groups in total. The molecular weight excluding hydrogens is 434 g/mol. The minimum absolute atomic E-state index is 0.00814. The second kappa shape index (κ2) is 8.34. The molecule has 0 spiro atoms. The Kier molecular flexibility index (Phi) is 5.86. The number of tetrazole rings is 1. The molecule has 2 heterocycles. The van der Waals surface area contributed by atoms with Gasteiger partial charge in [-0.1, -0.05) is 23.2 Å². The van der Waals surface area contributed by atoms with Crippen LogP contribution in [0.5, 0.6) is 11.6 Å². The fourth-order valence-corrected chi connectivity index (χ4v) is 2.60. The number of nitrogens with zero attached hydrogens (tertiary/aromatic N) is 5. The maximum atomic E-state index is 12.6. The number of pyridine rings is 1. The van der Waals surface area contributed by atoms with Crippen molar-refractivity contribution in [1.29, 1.82) is 5.26 Å². The number of H-pyrrole nitrogens is 1. The first-order chi connectivity index (χ1) is 13.8. The Morgan fingerprint density at radius 3 is 2.48 bits per heavy atom. The van der Waals surface area contributed by atoms with E-state index in [2.05, 4.69) is 30.9 Å². The molecule has 0 aliphatic rings. The number of benzene rings is 1. The highest BCUT2D eigenvalue weighted by Gasteiger charge is 2.30. The third-order valence-corrected chi connectivity index (χ3v) is 3.92. The summed E-state index contributed by atoms with van der Waals surface area (Å²) in [5.74, 6) is -0.0226. The molecule has 0 aliphatic heterocycles. The maximum Gasteiger partial charge on any atom is 0.417 e. The van der Waals surface area contributed by atoms with Crippen LogP contribution in [0.15, 0.2) is 36.7 Å². The summed E-state index contributed by atoms with van der Waals surface area (Å²) in [5.41, 5.74) is -0.410. The highest BCUT2D eigenvalue weighted by atomic mass is 35.5. The Hall–Kier alpha value is -3.36. The molecule has 3 aromatic rings. The molecule has 0 unspecified atom stereocenters. The summed E-state index contributed by atoms with van der Waals surface area (Å²) >= 11 is 12.3.